The lowest BCUT2D eigenvalue weighted by Crippen LogP contribution is -2.39. The van der Waals surface area contributed by atoms with Crippen molar-refractivity contribution >= 4 is 5.69 Å². The van der Waals surface area contributed by atoms with Crippen molar-refractivity contribution < 1.29 is 4.39 Å². The molecule has 1 atom stereocenters. The van der Waals surface area contributed by atoms with Gasteiger partial charge < -0.3 is 10.2 Å². The van der Waals surface area contributed by atoms with Crippen LogP contribution in [0.25, 0.3) is 0 Å². The van der Waals surface area contributed by atoms with Crippen molar-refractivity contribution in [1.82, 2.24) is 4.90 Å². The topological polar surface area (TPSA) is 39.1 Å². The highest BCUT2D eigenvalue weighted by atomic mass is 19.1. The van der Waals surface area contributed by atoms with E-state index in [0.717, 1.165) is 32.5 Å². The Morgan fingerprint density at radius 1 is 1.45 bits per heavy atom. The molecule has 0 spiro atoms. The van der Waals surface area contributed by atoms with Gasteiger partial charge in [0.2, 0.25) is 0 Å². The van der Waals surface area contributed by atoms with E-state index >= 15 is 0 Å². The minimum absolute atomic E-state index is 0.116. The SMILES string of the molecule is CCN1CCC(C(C)Nc2cccc(F)c2C#N)CC1. The third kappa shape index (κ3) is 3.29. The third-order valence-electron chi connectivity index (χ3n) is 4.30. The maximum absolute atomic E-state index is 13.6. The molecule has 1 aromatic carbocycles. The van der Waals surface area contributed by atoms with E-state index in [1.165, 1.54) is 6.07 Å². The Bertz CT molecular complexity index is 487. The van der Waals surface area contributed by atoms with Crippen LogP contribution < -0.4 is 5.32 Å². The highest BCUT2D eigenvalue weighted by Gasteiger charge is 2.23. The Labute approximate surface area is 120 Å². The van der Waals surface area contributed by atoms with Gasteiger partial charge in [0.25, 0.3) is 0 Å². The van der Waals surface area contributed by atoms with Gasteiger partial charge in [0, 0.05) is 6.04 Å². The van der Waals surface area contributed by atoms with Crippen LogP contribution in [-0.4, -0.2) is 30.6 Å². The van der Waals surface area contributed by atoms with Gasteiger partial charge in [0.15, 0.2) is 0 Å². The Kier molecular flexibility index (Phi) is 4.97. The number of rotatable bonds is 4. The number of anilines is 1. The lowest BCUT2D eigenvalue weighted by atomic mass is 9.90. The number of likely N-dealkylation sites (tertiary alicyclic amines) is 1. The van der Waals surface area contributed by atoms with Gasteiger partial charge in [-0.15, -0.1) is 0 Å². The van der Waals surface area contributed by atoms with Crippen molar-refractivity contribution in [3.05, 3.63) is 29.6 Å². The lowest BCUT2D eigenvalue weighted by molar-refractivity contribution is 0.183. The van der Waals surface area contributed by atoms with Gasteiger partial charge in [-0.05, 0) is 57.5 Å². The molecule has 1 heterocycles. The molecule has 1 saturated heterocycles. The summed E-state index contributed by atoms with van der Waals surface area (Å²) in [6, 6.07) is 6.94. The summed E-state index contributed by atoms with van der Waals surface area (Å²) >= 11 is 0. The fraction of sp³-hybridized carbons (Fsp3) is 0.562. The van der Waals surface area contributed by atoms with Crippen LogP contribution in [0.4, 0.5) is 10.1 Å². The maximum Gasteiger partial charge on any atom is 0.143 e. The zero-order valence-electron chi connectivity index (χ0n) is 12.2. The van der Waals surface area contributed by atoms with Gasteiger partial charge in [0.05, 0.1) is 5.69 Å². The van der Waals surface area contributed by atoms with E-state index in [-0.39, 0.29) is 11.6 Å². The zero-order valence-corrected chi connectivity index (χ0v) is 12.2. The predicted molar refractivity (Wildman–Crippen MR) is 79.0 cm³/mol. The molecule has 3 nitrogen and oxygen atoms in total. The van der Waals surface area contributed by atoms with E-state index < -0.39 is 5.82 Å². The summed E-state index contributed by atoms with van der Waals surface area (Å²) in [6.45, 7) is 7.67. The van der Waals surface area contributed by atoms with Crippen LogP contribution in [0.3, 0.4) is 0 Å². The van der Waals surface area contributed by atoms with Crippen LogP contribution in [-0.2, 0) is 0 Å². The number of hydrogen-bond donors (Lipinski definition) is 1. The molecule has 0 saturated carbocycles. The molecular weight excluding hydrogens is 253 g/mol. The van der Waals surface area contributed by atoms with Gasteiger partial charge in [-0.2, -0.15) is 5.26 Å². The van der Waals surface area contributed by atoms with Crippen molar-refractivity contribution in [1.29, 1.82) is 5.26 Å². The molecule has 4 heteroatoms. The van der Waals surface area contributed by atoms with Crippen LogP contribution in [0.15, 0.2) is 18.2 Å². The van der Waals surface area contributed by atoms with Crippen LogP contribution >= 0.6 is 0 Å². The van der Waals surface area contributed by atoms with Crippen LogP contribution in [0, 0.1) is 23.1 Å². The molecule has 108 valence electrons. The first-order valence-corrected chi connectivity index (χ1v) is 7.33. The van der Waals surface area contributed by atoms with Gasteiger partial charge in [-0.1, -0.05) is 13.0 Å². The second-order valence-corrected chi connectivity index (χ2v) is 5.48. The van der Waals surface area contributed by atoms with Gasteiger partial charge in [-0.3, -0.25) is 0 Å². The van der Waals surface area contributed by atoms with Crippen molar-refractivity contribution in [2.24, 2.45) is 5.92 Å². The standard InChI is InChI=1S/C16H22FN3/c1-3-20-9-7-13(8-10-20)12(2)19-16-6-4-5-15(17)14(16)11-18/h4-6,12-13,19H,3,7-10H2,1-2H3. The molecular formula is C16H22FN3. The van der Waals surface area contributed by atoms with Crippen molar-refractivity contribution in [2.75, 3.05) is 25.0 Å². The van der Waals surface area contributed by atoms with Crippen LogP contribution in [0.2, 0.25) is 0 Å². The first-order chi connectivity index (χ1) is 9.65. The third-order valence-corrected chi connectivity index (χ3v) is 4.30. The zero-order chi connectivity index (χ0) is 14.5. The van der Waals surface area contributed by atoms with Crippen molar-refractivity contribution in [2.45, 2.75) is 32.7 Å². The van der Waals surface area contributed by atoms with E-state index in [2.05, 4.69) is 24.1 Å². The quantitative estimate of drug-likeness (QED) is 0.917. The van der Waals surface area contributed by atoms with E-state index in [1.54, 1.807) is 12.1 Å². The maximum atomic E-state index is 13.6. The van der Waals surface area contributed by atoms with Crippen molar-refractivity contribution in [3.8, 4) is 6.07 Å². The highest BCUT2D eigenvalue weighted by Crippen LogP contribution is 2.25. The Morgan fingerprint density at radius 2 is 2.15 bits per heavy atom. The average molecular weight is 275 g/mol. The smallest absolute Gasteiger partial charge is 0.143 e. The van der Waals surface area contributed by atoms with Gasteiger partial charge in [-0.25, -0.2) is 4.39 Å². The molecule has 0 aliphatic carbocycles. The first kappa shape index (κ1) is 14.8. The fourth-order valence-electron chi connectivity index (χ4n) is 2.89. The number of nitrogens with zero attached hydrogens (tertiary/aromatic N) is 2. The Hall–Kier alpha value is -1.60. The molecule has 20 heavy (non-hydrogen) atoms. The molecule has 1 N–H and O–H groups in total. The van der Waals surface area contributed by atoms with Crippen LogP contribution in [0.1, 0.15) is 32.3 Å². The summed E-state index contributed by atoms with van der Waals surface area (Å²) in [4.78, 5) is 2.45. The number of piperidine rings is 1. The molecule has 2 rings (SSSR count). The molecule has 1 fully saturated rings. The molecule has 1 unspecified atom stereocenters. The first-order valence-electron chi connectivity index (χ1n) is 7.33. The molecule has 1 aromatic rings. The minimum atomic E-state index is -0.453. The van der Waals surface area contributed by atoms with Gasteiger partial charge in [0.1, 0.15) is 17.4 Å². The number of nitrogens with one attached hydrogen (secondary N) is 1. The van der Waals surface area contributed by atoms with Crippen LogP contribution in [0.5, 0.6) is 0 Å². The normalized spacial score (nSPS) is 18.5. The predicted octanol–water partition coefficient (Wildman–Crippen LogP) is 3.23. The van der Waals surface area contributed by atoms with Gasteiger partial charge >= 0.3 is 0 Å². The largest absolute Gasteiger partial charge is 0.381 e. The summed E-state index contributed by atoms with van der Waals surface area (Å²) in [7, 11) is 0. The summed E-state index contributed by atoms with van der Waals surface area (Å²) in [5.74, 6) is 0.123. The highest BCUT2D eigenvalue weighted by molar-refractivity contribution is 5.58. The average Bonchev–Trinajstić information content (AvgIpc) is 2.47. The monoisotopic (exact) mass is 275 g/mol. The molecule has 1 aliphatic rings. The Balaban J connectivity index is 2.00. The summed E-state index contributed by atoms with van der Waals surface area (Å²) < 4.78 is 13.6. The minimum Gasteiger partial charge on any atom is -0.381 e. The molecule has 0 amide bonds. The number of nitriles is 1. The second-order valence-electron chi connectivity index (χ2n) is 5.48. The number of halogens is 1. The lowest BCUT2D eigenvalue weighted by Gasteiger charge is -2.35. The van der Waals surface area contributed by atoms with E-state index in [1.807, 2.05) is 6.07 Å². The molecule has 0 bridgehead atoms. The molecule has 1 aliphatic heterocycles. The summed E-state index contributed by atoms with van der Waals surface area (Å²) in [5, 5.41) is 12.4. The van der Waals surface area contributed by atoms with E-state index in [0.29, 0.717) is 11.6 Å². The molecule has 0 radical (unpaired) electrons. The van der Waals surface area contributed by atoms with E-state index in [9.17, 15) is 4.39 Å². The number of benzene rings is 1. The van der Waals surface area contributed by atoms with Crippen molar-refractivity contribution in [3.63, 3.8) is 0 Å². The molecule has 0 aromatic heterocycles. The van der Waals surface area contributed by atoms with E-state index in [4.69, 9.17) is 5.26 Å². The summed E-state index contributed by atoms with van der Waals surface area (Å²) in [6.07, 6.45) is 2.30. The Morgan fingerprint density at radius 3 is 2.75 bits per heavy atom. The second kappa shape index (κ2) is 6.71. The fourth-order valence-corrected chi connectivity index (χ4v) is 2.89. The number of hydrogen-bond acceptors (Lipinski definition) is 3. The summed E-state index contributed by atoms with van der Waals surface area (Å²) in [5.41, 5.74) is 0.725.